The van der Waals surface area contributed by atoms with Gasteiger partial charge in [-0.05, 0) is 24.3 Å². The molecule has 0 aliphatic carbocycles. The van der Waals surface area contributed by atoms with Crippen LogP contribution >= 0.6 is 12.2 Å². The molecule has 0 aliphatic rings. The van der Waals surface area contributed by atoms with Gasteiger partial charge in [0.15, 0.2) is 0 Å². The lowest BCUT2D eigenvalue weighted by atomic mass is 10.2. The Morgan fingerprint density at radius 2 is 2.00 bits per heavy atom. The van der Waals surface area contributed by atoms with Crippen LogP contribution in [0.1, 0.15) is 5.56 Å². The van der Waals surface area contributed by atoms with E-state index in [9.17, 15) is 8.78 Å². The van der Waals surface area contributed by atoms with Crippen molar-refractivity contribution < 1.29 is 13.5 Å². The third-order valence-electron chi connectivity index (χ3n) is 2.41. The summed E-state index contributed by atoms with van der Waals surface area (Å²) in [6.45, 7) is -2.89. The van der Waals surface area contributed by atoms with Crippen LogP contribution in [0.3, 0.4) is 0 Å². The van der Waals surface area contributed by atoms with Gasteiger partial charge in [0.1, 0.15) is 16.6 Å². The Kier molecular flexibility index (Phi) is 4.41. The summed E-state index contributed by atoms with van der Waals surface area (Å²) in [6.07, 6.45) is 1.50. The van der Waals surface area contributed by atoms with Crippen LogP contribution in [0.15, 0.2) is 42.6 Å². The molecule has 0 spiro atoms. The lowest BCUT2D eigenvalue weighted by molar-refractivity contribution is -0.0493. The molecule has 0 atom stereocenters. The van der Waals surface area contributed by atoms with Crippen LogP contribution in [0.25, 0.3) is 0 Å². The van der Waals surface area contributed by atoms with E-state index >= 15 is 0 Å². The normalized spacial score (nSPS) is 10.3. The molecular formula is C13H11F2N3OS. The maximum Gasteiger partial charge on any atom is 0.387 e. The second-order valence-electron chi connectivity index (χ2n) is 3.80. The molecule has 0 amide bonds. The number of aromatic nitrogens is 1. The van der Waals surface area contributed by atoms with Gasteiger partial charge in [-0.15, -0.1) is 0 Å². The Hall–Kier alpha value is -2.28. The highest BCUT2D eigenvalue weighted by molar-refractivity contribution is 7.80. The van der Waals surface area contributed by atoms with Crippen molar-refractivity contribution >= 4 is 28.7 Å². The molecule has 1 aromatic heterocycles. The van der Waals surface area contributed by atoms with Gasteiger partial charge in [0.25, 0.3) is 0 Å². The van der Waals surface area contributed by atoms with Crippen LogP contribution in [0.2, 0.25) is 0 Å². The number of nitrogens with zero attached hydrogens (tertiary/aromatic N) is 1. The highest BCUT2D eigenvalue weighted by Crippen LogP contribution is 2.27. The van der Waals surface area contributed by atoms with Crippen molar-refractivity contribution in [1.82, 2.24) is 4.98 Å². The summed E-state index contributed by atoms with van der Waals surface area (Å²) in [5, 5.41) is 2.89. The third-order valence-corrected chi connectivity index (χ3v) is 2.65. The molecule has 4 nitrogen and oxygen atoms in total. The van der Waals surface area contributed by atoms with Gasteiger partial charge in [0.05, 0.1) is 5.69 Å². The van der Waals surface area contributed by atoms with Crippen LogP contribution in [-0.2, 0) is 0 Å². The average Bonchev–Trinajstić information content (AvgIpc) is 2.41. The summed E-state index contributed by atoms with van der Waals surface area (Å²) >= 11 is 4.82. The van der Waals surface area contributed by atoms with Crippen LogP contribution in [0.4, 0.5) is 20.3 Å². The molecule has 1 heterocycles. The largest absolute Gasteiger partial charge is 0.433 e. The fraction of sp³-hybridized carbons (Fsp3) is 0.0769. The summed E-state index contributed by atoms with van der Waals surface area (Å²) in [6, 6.07) is 9.69. The van der Waals surface area contributed by atoms with E-state index in [1.54, 1.807) is 30.3 Å². The SMILES string of the molecule is NC(=S)c1ccc(Nc2ccccc2OC(F)F)nc1. The zero-order valence-electron chi connectivity index (χ0n) is 10.2. The number of hydrogen-bond acceptors (Lipinski definition) is 4. The lowest BCUT2D eigenvalue weighted by Crippen LogP contribution is -2.10. The number of pyridine rings is 1. The predicted molar refractivity (Wildman–Crippen MR) is 76.5 cm³/mol. The maximum absolute atomic E-state index is 12.3. The summed E-state index contributed by atoms with van der Waals surface area (Å²) in [5.74, 6) is 0.512. The molecule has 0 aliphatic heterocycles. The molecule has 0 saturated heterocycles. The molecule has 0 unspecified atom stereocenters. The van der Waals surface area contributed by atoms with Gasteiger partial charge in [-0.25, -0.2) is 4.98 Å². The summed E-state index contributed by atoms with van der Waals surface area (Å²) in [4.78, 5) is 4.34. The van der Waals surface area contributed by atoms with Crippen molar-refractivity contribution in [1.29, 1.82) is 0 Å². The molecular weight excluding hydrogens is 284 g/mol. The van der Waals surface area contributed by atoms with E-state index < -0.39 is 6.61 Å². The van der Waals surface area contributed by atoms with Gasteiger partial charge in [-0.1, -0.05) is 24.4 Å². The molecule has 3 N–H and O–H groups in total. The second-order valence-corrected chi connectivity index (χ2v) is 4.24. The second kappa shape index (κ2) is 6.25. The maximum atomic E-state index is 12.3. The first-order valence-corrected chi connectivity index (χ1v) is 6.04. The minimum absolute atomic E-state index is 0.0442. The van der Waals surface area contributed by atoms with Crippen molar-refractivity contribution in [3.8, 4) is 5.75 Å². The van der Waals surface area contributed by atoms with Crippen LogP contribution < -0.4 is 15.8 Å². The molecule has 2 aromatic rings. The molecule has 0 radical (unpaired) electrons. The number of rotatable bonds is 5. The van der Waals surface area contributed by atoms with Gasteiger partial charge in [-0.3, -0.25) is 0 Å². The van der Waals surface area contributed by atoms with Crippen LogP contribution in [0.5, 0.6) is 5.75 Å². The molecule has 2 rings (SSSR count). The molecule has 0 bridgehead atoms. The number of nitrogens with two attached hydrogens (primary N) is 1. The topological polar surface area (TPSA) is 60.2 Å². The van der Waals surface area contributed by atoms with E-state index in [0.717, 1.165) is 0 Å². The van der Waals surface area contributed by atoms with Gasteiger partial charge in [-0.2, -0.15) is 8.78 Å². The Morgan fingerprint density at radius 3 is 2.60 bits per heavy atom. The zero-order chi connectivity index (χ0) is 14.5. The highest BCUT2D eigenvalue weighted by Gasteiger charge is 2.09. The Labute approximate surface area is 119 Å². The van der Waals surface area contributed by atoms with Gasteiger partial charge >= 0.3 is 6.61 Å². The van der Waals surface area contributed by atoms with E-state index in [2.05, 4.69) is 15.0 Å². The number of benzene rings is 1. The fourth-order valence-corrected chi connectivity index (χ4v) is 1.64. The third kappa shape index (κ3) is 3.61. The van der Waals surface area contributed by atoms with Crippen molar-refractivity contribution in [3.05, 3.63) is 48.2 Å². The molecule has 1 aromatic carbocycles. The van der Waals surface area contributed by atoms with E-state index in [-0.39, 0.29) is 10.7 Å². The van der Waals surface area contributed by atoms with Gasteiger partial charge in [0, 0.05) is 11.8 Å². The van der Waals surface area contributed by atoms with E-state index in [1.165, 1.54) is 12.3 Å². The number of ether oxygens (including phenoxy) is 1. The number of hydrogen-bond donors (Lipinski definition) is 2. The molecule has 0 fully saturated rings. The Morgan fingerprint density at radius 1 is 1.25 bits per heavy atom. The minimum atomic E-state index is -2.89. The number of para-hydroxylation sites is 2. The quantitative estimate of drug-likeness (QED) is 0.830. The van der Waals surface area contributed by atoms with Crippen LogP contribution in [-0.4, -0.2) is 16.6 Å². The molecule has 7 heteroatoms. The van der Waals surface area contributed by atoms with Crippen molar-refractivity contribution in [2.45, 2.75) is 6.61 Å². The summed E-state index contributed by atoms with van der Waals surface area (Å²) < 4.78 is 29.0. The first kappa shape index (κ1) is 14.1. The van der Waals surface area contributed by atoms with Crippen LogP contribution in [0, 0.1) is 0 Å². The number of thiocarbonyl (C=S) groups is 1. The number of alkyl halides is 2. The predicted octanol–water partition coefficient (Wildman–Crippen LogP) is 3.06. The van der Waals surface area contributed by atoms with E-state index in [4.69, 9.17) is 18.0 Å². The smallest absolute Gasteiger partial charge is 0.387 e. The Bertz CT molecular complexity index is 605. The lowest BCUT2D eigenvalue weighted by Gasteiger charge is -2.12. The standard InChI is InChI=1S/C13H11F2N3OS/c14-13(15)19-10-4-2-1-3-9(10)18-11-6-5-8(7-17-11)12(16)20/h1-7,13H,(H2,16,20)(H,17,18). The van der Waals surface area contributed by atoms with Crippen molar-refractivity contribution in [3.63, 3.8) is 0 Å². The van der Waals surface area contributed by atoms with Crippen molar-refractivity contribution in [2.75, 3.05) is 5.32 Å². The fourth-order valence-electron chi connectivity index (χ4n) is 1.52. The van der Waals surface area contributed by atoms with Crippen molar-refractivity contribution in [2.24, 2.45) is 5.73 Å². The summed E-state index contributed by atoms with van der Waals surface area (Å²) in [5.41, 5.74) is 6.48. The van der Waals surface area contributed by atoms with E-state index in [0.29, 0.717) is 17.1 Å². The molecule has 20 heavy (non-hydrogen) atoms. The van der Waals surface area contributed by atoms with Gasteiger partial charge < -0.3 is 15.8 Å². The first-order valence-electron chi connectivity index (χ1n) is 5.63. The highest BCUT2D eigenvalue weighted by atomic mass is 32.1. The number of anilines is 2. The first-order chi connectivity index (χ1) is 9.56. The number of halogens is 2. The van der Waals surface area contributed by atoms with Gasteiger partial charge in [0.2, 0.25) is 0 Å². The summed E-state index contributed by atoms with van der Waals surface area (Å²) in [7, 11) is 0. The van der Waals surface area contributed by atoms with E-state index in [1.807, 2.05) is 0 Å². The number of nitrogens with one attached hydrogen (secondary N) is 1. The monoisotopic (exact) mass is 295 g/mol. The molecule has 0 saturated carbocycles. The Balaban J connectivity index is 2.19. The minimum Gasteiger partial charge on any atom is -0.433 e. The zero-order valence-corrected chi connectivity index (χ0v) is 11.0. The molecule has 104 valence electrons. The average molecular weight is 295 g/mol.